The van der Waals surface area contributed by atoms with Gasteiger partial charge in [-0.05, 0) is 54.7 Å². The quantitative estimate of drug-likeness (QED) is 0.553. The first-order valence-electron chi connectivity index (χ1n) is 9.05. The van der Waals surface area contributed by atoms with Crippen molar-refractivity contribution in [2.24, 2.45) is 10.9 Å². The number of nitrogens with zero attached hydrogens (tertiary/aromatic N) is 1. The van der Waals surface area contributed by atoms with Gasteiger partial charge in [-0.3, -0.25) is 4.99 Å². The SMILES string of the molecule is Cc1ccc(C2C=C(c3ccc(Cl)cc3)N=C3C=CC(C)CC3S2)cc1. The third-order valence-corrected chi connectivity index (χ3v) is 6.64. The van der Waals surface area contributed by atoms with Gasteiger partial charge in [0.2, 0.25) is 0 Å². The molecule has 0 fully saturated rings. The van der Waals surface area contributed by atoms with Crippen molar-refractivity contribution in [1.82, 2.24) is 0 Å². The highest BCUT2D eigenvalue weighted by molar-refractivity contribution is 8.01. The van der Waals surface area contributed by atoms with Crippen LogP contribution in [0.4, 0.5) is 0 Å². The fraction of sp³-hybridized carbons (Fsp3) is 0.261. The summed E-state index contributed by atoms with van der Waals surface area (Å²) in [4.78, 5) is 5.05. The van der Waals surface area contributed by atoms with Crippen LogP contribution in [0.1, 0.15) is 35.3 Å². The summed E-state index contributed by atoms with van der Waals surface area (Å²) in [6.45, 7) is 4.42. The molecule has 2 aromatic carbocycles. The molecule has 0 radical (unpaired) electrons. The van der Waals surface area contributed by atoms with Gasteiger partial charge in [-0.15, -0.1) is 11.8 Å². The zero-order valence-corrected chi connectivity index (χ0v) is 16.6. The minimum Gasteiger partial charge on any atom is -0.252 e. The lowest BCUT2D eigenvalue weighted by molar-refractivity contribution is 0.667. The number of hydrogen-bond acceptors (Lipinski definition) is 2. The van der Waals surface area contributed by atoms with Gasteiger partial charge in [-0.1, -0.05) is 66.6 Å². The van der Waals surface area contributed by atoms with Crippen molar-refractivity contribution in [2.45, 2.75) is 30.8 Å². The van der Waals surface area contributed by atoms with Crippen molar-refractivity contribution in [3.63, 3.8) is 0 Å². The Bertz CT molecular complexity index is 877. The zero-order valence-electron chi connectivity index (χ0n) is 15.0. The standard InChI is InChI=1S/C23H22ClNS/c1-15-3-6-18(7-4-15)22-14-21(17-8-10-19(24)11-9-17)25-20-12-5-16(2)13-23(20)26-22/h3-12,14,16,22-23H,13H2,1-2H3. The van der Waals surface area contributed by atoms with Crippen LogP contribution < -0.4 is 0 Å². The lowest BCUT2D eigenvalue weighted by atomic mass is 9.96. The summed E-state index contributed by atoms with van der Waals surface area (Å²) in [5, 5.41) is 1.48. The Labute approximate surface area is 164 Å². The van der Waals surface area contributed by atoms with Crippen molar-refractivity contribution in [2.75, 3.05) is 0 Å². The van der Waals surface area contributed by atoms with Crippen LogP contribution in [0.5, 0.6) is 0 Å². The van der Waals surface area contributed by atoms with Crippen molar-refractivity contribution < 1.29 is 0 Å². The number of halogens is 1. The Morgan fingerprint density at radius 1 is 1.04 bits per heavy atom. The molecule has 0 aromatic heterocycles. The van der Waals surface area contributed by atoms with E-state index in [1.165, 1.54) is 16.8 Å². The van der Waals surface area contributed by atoms with Gasteiger partial charge in [0.1, 0.15) is 0 Å². The van der Waals surface area contributed by atoms with E-state index in [9.17, 15) is 0 Å². The summed E-state index contributed by atoms with van der Waals surface area (Å²) in [7, 11) is 0. The van der Waals surface area contributed by atoms with Crippen LogP contribution in [0.3, 0.4) is 0 Å². The van der Waals surface area contributed by atoms with Crippen LogP contribution in [0.15, 0.2) is 71.8 Å². The molecule has 4 rings (SSSR count). The molecule has 1 nitrogen and oxygen atoms in total. The maximum Gasteiger partial charge on any atom is 0.0680 e. The Balaban J connectivity index is 1.78. The summed E-state index contributed by atoms with van der Waals surface area (Å²) in [5.41, 5.74) is 5.97. The molecule has 0 amide bonds. The molecule has 3 unspecified atom stereocenters. The Kier molecular flexibility index (Phi) is 5.06. The first kappa shape index (κ1) is 17.6. The van der Waals surface area contributed by atoms with Crippen molar-refractivity contribution in [1.29, 1.82) is 0 Å². The minimum absolute atomic E-state index is 0.297. The lowest BCUT2D eigenvalue weighted by Gasteiger charge is -2.25. The second kappa shape index (κ2) is 7.46. The number of hydrogen-bond donors (Lipinski definition) is 0. The fourth-order valence-electron chi connectivity index (χ4n) is 3.39. The molecular formula is C23H22ClNS. The largest absolute Gasteiger partial charge is 0.252 e. The highest BCUT2D eigenvalue weighted by atomic mass is 35.5. The molecule has 1 heterocycles. The van der Waals surface area contributed by atoms with E-state index in [0.29, 0.717) is 16.4 Å². The maximum absolute atomic E-state index is 6.08. The smallest absolute Gasteiger partial charge is 0.0680 e. The number of fused-ring (bicyclic) bond motifs is 1. The van der Waals surface area contributed by atoms with E-state index in [-0.39, 0.29) is 0 Å². The van der Waals surface area contributed by atoms with Gasteiger partial charge < -0.3 is 0 Å². The number of allylic oxidation sites excluding steroid dienone is 2. The molecular weight excluding hydrogens is 358 g/mol. The van der Waals surface area contributed by atoms with Gasteiger partial charge >= 0.3 is 0 Å². The number of aryl methyl sites for hydroxylation is 1. The van der Waals surface area contributed by atoms with Crippen molar-refractivity contribution in [3.05, 3.63) is 88.5 Å². The molecule has 1 aliphatic heterocycles. The van der Waals surface area contributed by atoms with Crippen LogP contribution >= 0.6 is 23.4 Å². The van der Waals surface area contributed by atoms with Crippen LogP contribution in [-0.2, 0) is 0 Å². The van der Waals surface area contributed by atoms with E-state index in [1.807, 2.05) is 23.9 Å². The second-order valence-electron chi connectivity index (χ2n) is 7.12. The number of aliphatic imine (C=N–C) groups is 1. The molecule has 2 aromatic rings. The molecule has 2 aliphatic rings. The Morgan fingerprint density at radius 2 is 1.77 bits per heavy atom. The molecule has 3 heteroatoms. The summed E-state index contributed by atoms with van der Waals surface area (Å²) in [5.74, 6) is 0.599. The molecule has 0 N–H and O–H groups in total. The average molecular weight is 380 g/mol. The highest BCUT2D eigenvalue weighted by Gasteiger charge is 2.28. The van der Waals surface area contributed by atoms with Gasteiger partial charge in [-0.2, -0.15) is 0 Å². The predicted octanol–water partition coefficient (Wildman–Crippen LogP) is 6.88. The molecule has 0 saturated heterocycles. The molecule has 0 saturated carbocycles. The van der Waals surface area contributed by atoms with Crippen LogP contribution in [0.25, 0.3) is 5.70 Å². The zero-order chi connectivity index (χ0) is 18.1. The summed E-state index contributed by atoms with van der Waals surface area (Å²) < 4.78 is 0. The van der Waals surface area contributed by atoms with Gasteiger partial charge in [-0.25, -0.2) is 0 Å². The van der Waals surface area contributed by atoms with E-state index in [4.69, 9.17) is 16.6 Å². The van der Waals surface area contributed by atoms with Gasteiger partial charge in [0, 0.05) is 10.3 Å². The molecule has 0 bridgehead atoms. The molecule has 3 atom stereocenters. The summed E-state index contributed by atoms with van der Waals surface area (Å²) in [6, 6.07) is 16.9. The summed E-state index contributed by atoms with van der Waals surface area (Å²) in [6.07, 6.45) is 7.95. The highest BCUT2D eigenvalue weighted by Crippen LogP contribution is 2.43. The van der Waals surface area contributed by atoms with E-state index in [2.05, 4.69) is 68.5 Å². The average Bonchev–Trinajstić information content (AvgIpc) is 2.82. The minimum atomic E-state index is 0.297. The molecule has 26 heavy (non-hydrogen) atoms. The predicted molar refractivity (Wildman–Crippen MR) is 115 cm³/mol. The molecule has 132 valence electrons. The molecule has 0 spiro atoms. The Morgan fingerprint density at radius 3 is 2.50 bits per heavy atom. The second-order valence-corrected chi connectivity index (χ2v) is 8.91. The first-order valence-corrected chi connectivity index (χ1v) is 10.4. The number of benzene rings is 2. The first-order chi connectivity index (χ1) is 12.6. The normalized spacial score (nSPS) is 25.1. The summed E-state index contributed by atoms with van der Waals surface area (Å²) >= 11 is 8.09. The van der Waals surface area contributed by atoms with Gasteiger partial charge in [0.25, 0.3) is 0 Å². The fourth-order valence-corrected chi connectivity index (χ4v) is 5.08. The van der Waals surface area contributed by atoms with Gasteiger partial charge in [0.05, 0.1) is 16.7 Å². The monoisotopic (exact) mass is 379 g/mol. The topological polar surface area (TPSA) is 12.4 Å². The maximum atomic E-state index is 6.08. The number of rotatable bonds is 2. The van der Waals surface area contributed by atoms with Crippen molar-refractivity contribution in [3.8, 4) is 0 Å². The molecule has 1 aliphatic carbocycles. The third-order valence-electron chi connectivity index (χ3n) is 4.93. The van der Waals surface area contributed by atoms with E-state index in [0.717, 1.165) is 22.7 Å². The van der Waals surface area contributed by atoms with Crippen LogP contribution in [-0.4, -0.2) is 11.0 Å². The van der Waals surface area contributed by atoms with Crippen LogP contribution in [0, 0.1) is 12.8 Å². The Hall–Kier alpha value is -1.77. The lowest BCUT2D eigenvalue weighted by Crippen LogP contribution is -2.22. The van der Waals surface area contributed by atoms with Crippen LogP contribution in [0.2, 0.25) is 5.02 Å². The van der Waals surface area contributed by atoms with E-state index >= 15 is 0 Å². The van der Waals surface area contributed by atoms with Crippen molar-refractivity contribution >= 4 is 34.8 Å². The van der Waals surface area contributed by atoms with E-state index in [1.54, 1.807) is 0 Å². The van der Waals surface area contributed by atoms with Gasteiger partial charge in [0.15, 0.2) is 0 Å². The third kappa shape index (κ3) is 3.82. The number of thioether (sulfide) groups is 1. The van der Waals surface area contributed by atoms with E-state index < -0.39 is 0 Å².